The highest BCUT2D eigenvalue weighted by Crippen LogP contribution is 2.24. The lowest BCUT2D eigenvalue weighted by molar-refractivity contribution is 0.330. The summed E-state index contributed by atoms with van der Waals surface area (Å²) >= 11 is 0. The molecule has 4 rings (SSSR count). The van der Waals surface area contributed by atoms with Gasteiger partial charge in [0.25, 0.3) is 0 Å². The highest BCUT2D eigenvalue weighted by atomic mass is 15.3. The van der Waals surface area contributed by atoms with Crippen molar-refractivity contribution in [3.05, 3.63) is 29.5 Å². The minimum atomic E-state index is 0.576. The van der Waals surface area contributed by atoms with E-state index in [4.69, 9.17) is 0 Å². The molecule has 0 saturated carbocycles. The molecule has 0 aliphatic carbocycles. The topological polar surface area (TPSA) is 94.7 Å². The molecule has 0 bridgehead atoms. The molecule has 1 aliphatic heterocycles. The Bertz CT molecular complexity index is 929. The minimum Gasteiger partial charge on any atom is -0.373 e. The van der Waals surface area contributed by atoms with E-state index in [0.29, 0.717) is 5.95 Å². The third kappa shape index (κ3) is 4.39. The molecular formula is C20H28N8. The Balaban J connectivity index is 1.47. The zero-order chi connectivity index (χ0) is 19.3. The molecule has 28 heavy (non-hydrogen) atoms. The number of hydrogen-bond donors (Lipinski definition) is 3. The summed E-state index contributed by atoms with van der Waals surface area (Å²) in [5.41, 5.74) is 4.96. The Hall–Kier alpha value is -2.74. The van der Waals surface area contributed by atoms with Gasteiger partial charge in [0.05, 0.1) is 5.52 Å². The Morgan fingerprint density at radius 2 is 1.96 bits per heavy atom. The van der Waals surface area contributed by atoms with E-state index in [9.17, 15) is 0 Å². The second-order valence-corrected chi connectivity index (χ2v) is 7.44. The number of hydrogen-bond acceptors (Lipinski definition) is 7. The number of unbranched alkanes of at least 4 members (excludes halogenated alkanes) is 1. The van der Waals surface area contributed by atoms with Crippen molar-refractivity contribution in [2.75, 3.05) is 37.3 Å². The van der Waals surface area contributed by atoms with Gasteiger partial charge in [0, 0.05) is 24.5 Å². The van der Waals surface area contributed by atoms with Crippen LogP contribution in [0.15, 0.2) is 18.2 Å². The number of nitrogens with zero attached hydrogens (tertiary/aromatic N) is 5. The van der Waals surface area contributed by atoms with Crippen LogP contribution in [0.3, 0.4) is 0 Å². The lowest BCUT2D eigenvalue weighted by atomic mass is 10.1. The fourth-order valence-electron chi connectivity index (χ4n) is 3.83. The summed E-state index contributed by atoms with van der Waals surface area (Å²) in [7, 11) is 1.85. The van der Waals surface area contributed by atoms with Crippen molar-refractivity contribution in [3.8, 4) is 0 Å². The maximum Gasteiger partial charge on any atom is 0.229 e. The smallest absolute Gasteiger partial charge is 0.229 e. The number of benzene rings is 1. The summed E-state index contributed by atoms with van der Waals surface area (Å²) in [5.74, 6) is 1.37. The molecule has 1 aromatic carbocycles. The number of aromatic amines is 1. The van der Waals surface area contributed by atoms with Gasteiger partial charge in [-0.1, -0.05) is 5.21 Å². The summed E-state index contributed by atoms with van der Waals surface area (Å²) in [6.45, 7) is 5.69. The van der Waals surface area contributed by atoms with Crippen LogP contribution in [0.2, 0.25) is 0 Å². The maximum absolute atomic E-state index is 4.48. The van der Waals surface area contributed by atoms with Crippen LogP contribution < -0.4 is 10.6 Å². The Morgan fingerprint density at radius 3 is 2.79 bits per heavy atom. The molecule has 0 spiro atoms. The van der Waals surface area contributed by atoms with Crippen LogP contribution in [0.5, 0.6) is 0 Å². The molecule has 1 saturated heterocycles. The number of rotatable bonds is 8. The first-order valence-corrected chi connectivity index (χ1v) is 10.1. The van der Waals surface area contributed by atoms with Crippen molar-refractivity contribution in [1.29, 1.82) is 0 Å². The Labute approximate surface area is 165 Å². The number of fused-ring (bicyclic) bond motifs is 1. The van der Waals surface area contributed by atoms with Crippen LogP contribution in [-0.2, 0) is 6.42 Å². The van der Waals surface area contributed by atoms with Crippen molar-refractivity contribution < 1.29 is 0 Å². The van der Waals surface area contributed by atoms with E-state index >= 15 is 0 Å². The molecule has 0 amide bonds. The maximum atomic E-state index is 4.48. The van der Waals surface area contributed by atoms with Gasteiger partial charge in [-0.05, 0) is 76.4 Å². The number of H-pyrrole nitrogens is 1. The largest absolute Gasteiger partial charge is 0.373 e. The number of nitrogens with one attached hydrogen (secondary N) is 3. The highest BCUT2D eigenvalue weighted by molar-refractivity contribution is 5.82. The standard InChI is InChI=1S/C20H28N8/c1-14-11-18(21-2)24-20(22-14)23-16-12-15(19-17(13-16)25-27-26-19)7-3-4-8-28-9-5-6-10-28/h11-13H,3-10H2,1-2H3,(H,25,26,27)(H2,21,22,23,24). The molecule has 1 fully saturated rings. The molecule has 0 unspecified atom stereocenters. The molecule has 8 heteroatoms. The normalized spacial score (nSPS) is 14.6. The first-order valence-electron chi connectivity index (χ1n) is 10.1. The van der Waals surface area contributed by atoms with E-state index in [0.717, 1.165) is 41.1 Å². The van der Waals surface area contributed by atoms with Crippen molar-refractivity contribution in [2.45, 2.75) is 39.0 Å². The third-order valence-corrected chi connectivity index (χ3v) is 5.25. The Kier molecular flexibility index (Phi) is 5.66. The average Bonchev–Trinajstić information content (AvgIpc) is 3.36. The predicted octanol–water partition coefficient (Wildman–Crippen LogP) is 3.26. The van der Waals surface area contributed by atoms with E-state index in [-0.39, 0.29) is 0 Å². The van der Waals surface area contributed by atoms with Crippen LogP contribution in [0.1, 0.15) is 36.9 Å². The molecule has 2 aromatic heterocycles. The van der Waals surface area contributed by atoms with Gasteiger partial charge in [-0.25, -0.2) is 4.98 Å². The summed E-state index contributed by atoms with van der Waals surface area (Å²) in [4.78, 5) is 11.5. The summed E-state index contributed by atoms with van der Waals surface area (Å²) in [6, 6.07) is 6.05. The van der Waals surface area contributed by atoms with E-state index in [2.05, 4.69) is 47.0 Å². The van der Waals surface area contributed by atoms with Crippen LogP contribution >= 0.6 is 0 Å². The zero-order valence-electron chi connectivity index (χ0n) is 16.6. The van der Waals surface area contributed by atoms with Gasteiger partial charge in [-0.2, -0.15) is 4.98 Å². The van der Waals surface area contributed by atoms with Gasteiger partial charge in [0.2, 0.25) is 5.95 Å². The number of likely N-dealkylation sites (tertiary alicyclic amines) is 1. The predicted molar refractivity (Wildman–Crippen MR) is 112 cm³/mol. The van der Waals surface area contributed by atoms with Gasteiger partial charge in [-0.3, -0.25) is 5.10 Å². The van der Waals surface area contributed by atoms with Crippen molar-refractivity contribution >= 4 is 28.5 Å². The molecule has 1 aliphatic rings. The van der Waals surface area contributed by atoms with E-state index < -0.39 is 0 Å². The fraction of sp³-hybridized carbons (Fsp3) is 0.500. The lowest BCUT2D eigenvalue weighted by Gasteiger charge is -2.14. The second kappa shape index (κ2) is 8.52. The average molecular weight is 381 g/mol. The first kappa shape index (κ1) is 18.6. The molecular weight excluding hydrogens is 352 g/mol. The first-order chi connectivity index (χ1) is 13.7. The summed E-state index contributed by atoms with van der Waals surface area (Å²) in [6.07, 6.45) is 6.07. The quantitative estimate of drug-likeness (QED) is 0.516. The molecule has 3 heterocycles. The van der Waals surface area contributed by atoms with Crippen LogP contribution in [0.4, 0.5) is 17.5 Å². The van der Waals surface area contributed by atoms with Crippen molar-refractivity contribution in [2.24, 2.45) is 0 Å². The third-order valence-electron chi connectivity index (χ3n) is 5.25. The molecule has 3 aromatic rings. The summed E-state index contributed by atoms with van der Waals surface area (Å²) < 4.78 is 0. The van der Waals surface area contributed by atoms with E-state index in [1.807, 2.05) is 26.1 Å². The van der Waals surface area contributed by atoms with E-state index in [1.165, 1.54) is 44.5 Å². The number of aryl methyl sites for hydroxylation is 2. The second-order valence-electron chi connectivity index (χ2n) is 7.44. The van der Waals surface area contributed by atoms with Crippen molar-refractivity contribution in [3.63, 3.8) is 0 Å². The molecule has 8 nitrogen and oxygen atoms in total. The molecule has 0 radical (unpaired) electrons. The van der Waals surface area contributed by atoms with Gasteiger partial charge in [-0.15, -0.1) is 5.10 Å². The monoisotopic (exact) mass is 380 g/mol. The lowest BCUT2D eigenvalue weighted by Crippen LogP contribution is -2.20. The molecule has 148 valence electrons. The molecule has 3 N–H and O–H groups in total. The Morgan fingerprint density at radius 1 is 1.11 bits per heavy atom. The van der Waals surface area contributed by atoms with Crippen LogP contribution in [0, 0.1) is 6.92 Å². The SMILES string of the molecule is CNc1cc(C)nc(Nc2cc(CCCCN3CCCC3)c3[nH]nnc3c2)n1. The van der Waals surface area contributed by atoms with Crippen LogP contribution in [0.25, 0.3) is 11.0 Å². The van der Waals surface area contributed by atoms with E-state index in [1.54, 1.807) is 0 Å². The number of anilines is 3. The van der Waals surface area contributed by atoms with Gasteiger partial charge in [0.15, 0.2) is 0 Å². The minimum absolute atomic E-state index is 0.576. The zero-order valence-corrected chi connectivity index (χ0v) is 16.6. The highest BCUT2D eigenvalue weighted by Gasteiger charge is 2.12. The van der Waals surface area contributed by atoms with Crippen molar-refractivity contribution in [1.82, 2.24) is 30.3 Å². The number of aromatic nitrogens is 5. The van der Waals surface area contributed by atoms with Gasteiger partial charge >= 0.3 is 0 Å². The molecule has 0 atom stereocenters. The van der Waals surface area contributed by atoms with Gasteiger partial charge < -0.3 is 15.5 Å². The summed E-state index contributed by atoms with van der Waals surface area (Å²) in [5, 5.41) is 17.6. The van der Waals surface area contributed by atoms with Gasteiger partial charge in [0.1, 0.15) is 11.3 Å². The van der Waals surface area contributed by atoms with Crippen LogP contribution in [-0.4, -0.2) is 57.0 Å². The fourth-order valence-corrected chi connectivity index (χ4v) is 3.83.